The van der Waals surface area contributed by atoms with Crippen molar-refractivity contribution < 1.29 is 22.6 Å². The third-order valence-corrected chi connectivity index (χ3v) is 5.21. The van der Waals surface area contributed by atoms with Gasteiger partial charge in [-0.3, -0.25) is 0 Å². The van der Waals surface area contributed by atoms with Gasteiger partial charge in [-0.1, -0.05) is 0 Å². The number of methoxy groups -OCH3 is 2. The fourth-order valence-corrected chi connectivity index (χ4v) is 4.06. The Morgan fingerprint density at radius 1 is 1.10 bits per heavy atom. The second-order valence-electron chi connectivity index (χ2n) is 5.10. The summed E-state index contributed by atoms with van der Waals surface area (Å²) < 4.78 is 42.8. The fraction of sp³-hybridized carbons (Fsp3) is 0.571. The molecule has 0 aliphatic carbocycles. The summed E-state index contributed by atoms with van der Waals surface area (Å²) in [4.78, 5) is 0.196. The monoisotopic (exact) mass is 315 g/mol. The minimum absolute atomic E-state index is 0.122. The van der Waals surface area contributed by atoms with Crippen LogP contribution in [-0.2, 0) is 14.8 Å². The summed E-state index contributed by atoms with van der Waals surface area (Å²) in [5.74, 6) is 0.896. The summed E-state index contributed by atoms with van der Waals surface area (Å²) in [7, 11) is -0.577. The zero-order valence-electron chi connectivity index (χ0n) is 12.7. The molecule has 21 heavy (non-hydrogen) atoms. The summed E-state index contributed by atoms with van der Waals surface area (Å²) in [5, 5.41) is 0. The first-order valence-corrected chi connectivity index (χ1v) is 8.20. The highest BCUT2D eigenvalue weighted by molar-refractivity contribution is 7.89. The van der Waals surface area contributed by atoms with Crippen LogP contribution >= 0.6 is 0 Å². The van der Waals surface area contributed by atoms with E-state index in [1.807, 2.05) is 13.8 Å². The van der Waals surface area contributed by atoms with E-state index in [0.29, 0.717) is 24.6 Å². The Morgan fingerprint density at radius 2 is 1.67 bits per heavy atom. The zero-order valence-corrected chi connectivity index (χ0v) is 13.5. The van der Waals surface area contributed by atoms with Gasteiger partial charge in [0.2, 0.25) is 10.0 Å². The second kappa shape index (κ2) is 6.21. The predicted molar refractivity (Wildman–Crippen MR) is 78.3 cm³/mol. The third-order valence-electron chi connectivity index (χ3n) is 3.38. The highest BCUT2D eigenvalue weighted by atomic mass is 32.2. The molecule has 1 aliphatic heterocycles. The lowest BCUT2D eigenvalue weighted by molar-refractivity contribution is -0.0440. The molecule has 1 saturated heterocycles. The molecule has 0 saturated carbocycles. The van der Waals surface area contributed by atoms with Gasteiger partial charge in [-0.2, -0.15) is 4.31 Å². The van der Waals surface area contributed by atoms with Crippen molar-refractivity contribution in [3.8, 4) is 11.5 Å². The standard InChI is InChI=1S/C14H21NO5S/c1-10-8-15(9-11(2)20-10)21(16,17)12-5-6-13(18-3)14(7-12)19-4/h5-7,10-11H,8-9H2,1-4H3/t10-,11-/m1/s1. The maximum Gasteiger partial charge on any atom is 0.243 e. The minimum atomic E-state index is -3.57. The second-order valence-corrected chi connectivity index (χ2v) is 7.03. The number of ether oxygens (including phenoxy) is 3. The highest BCUT2D eigenvalue weighted by Gasteiger charge is 2.32. The molecule has 118 valence electrons. The molecule has 1 fully saturated rings. The van der Waals surface area contributed by atoms with Gasteiger partial charge in [-0.05, 0) is 26.0 Å². The van der Waals surface area contributed by atoms with Crippen molar-refractivity contribution in [3.05, 3.63) is 18.2 Å². The van der Waals surface area contributed by atoms with E-state index in [1.54, 1.807) is 6.07 Å². The van der Waals surface area contributed by atoms with Gasteiger partial charge < -0.3 is 14.2 Å². The van der Waals surface area contributed by atoms with E-state index in [1.165, 1.54) is 30.7 Å². The molecule has 1 heterocycles. The summed E-state index contributed by atoms with van der Waals surface area (Å²) in [6.45, 7) is 4.43. The molecular weight excluding hydrogens is 294 g/mol. The van der Waals surface area contributed by atoms with E-state index < -0.39 is 10.0 Å². The van der Waals surface area contributed by atoms with Gasteiger partial charge in [0.15, 0.2) is 11.5 Å². The fourth-order valence-electron chi connectivity index (χ4n) is 2.45. The summed E-state index contributed by atoms with van der Waals surface area (Å²) in [5.41, 5.74) is 0. The lowest BCUT2D eigenvalue weighted by Crippen LogP contribution is -2.48. The minimum Gasteiger partial charge on any atom is -0.493 e. The molecule has 1 aromatic rings. The molecule has 0 N–H and O–H groups in total. The molecule has 6 nitrogen and oxygen atoms in total. The molecule has 1 aromatic carbocycles. The van der Waals surface area contributed by atoms with Crippen molar-refractivity contribution >= 4 is 10.0 Å². The van der Waals surface area contributed by atoms with E-state index in [4.69, 9.17) is 14.2 Å². The number of nitrogens with zero attached hydrogens (tertiary/aromatic N) is 1. The van der Waals surface area contributed by atoms with Crippen LogP contribution in [0.15, 0.2) is 23.1 Å². The van der Waals surface area contributed by atoms with Crippen molar-refractivity contribution in [1.29, 1.82) is 0 Å². The van der Waals surface area contributed by atoms with Crippen LogP contribution in [0.2, 0.25) is 0 Å². The van der Waals surface area contributed by atoms with Crippen LogP contribution in [0.25, 0.3) is 0 Å². The quantitative estimate of drug-likeness (QED) is 0.842. The van der Waals surface area contributed by atoms with Gasteiger partial charge >= 0.3 is 0 Å². The van der Waals surface area contributed by atoms with E-state index in [-0.39, 0.29) is 17.1 Å². The Morgan fingerprint density at radius 3 is 2.19 bits per heavy atom. The Bertz CT molecular complexity index is 591. The van der Waals surface area contributed by atoms with E-state index in [0.717, 1.165) is 0 Å². The maximum absolute atomic E-state index is 12.7. The van der Waals surface area contributed by atoms with Gasteiger partial charge in [0.1, 0.15) is 0 Å². The van der Waals surface area contributed by atoms with Gasteiger partial charge in [-0.25, -0.2) is 8.42 Å². The third kappa shape index (κ3) is 3.30. The predicted octanol–water partition coefficient (Wildman–Crippen LogP) is 1.50. The average molecular weight is 315 g/mol. The number of hydrogen-bond donors (Lipinski definition) is 0. The van der Waals surface area contributed by atoms with Crippen molar-refractivity contribution in [2.24, 2.45) is 0 Å². The highest BCUT2D eigenvalue weighted by Crippen LogP contribution is 2.31. The normalized spacial score (nSPS) is 23.8. The van der Waals surface area contributed by atoms with E-state index in [9.17, 15) is 8.42 Å². The molecule has 0 bridgehead atoms. The number of morpholine rings is 1. The maximum atomic E-state index is 12.7. The van der Waals surface area contributed by atoms with Crippen molar-refractivity contribution in [2.75, 3.05) is 27.3 Å². The number of sulfonamides is 1. The number of rotatable bonds is 4. The molecule has 0 amide bonds. The van der Waals surface area contributed by atoms with Crippen LogP contribution in [0.5, 0.6) is 11.5 Å². The SMILES string of the molecule is COc1ccc(S(=O)(=O)N2C[C@@H](C)O[C@H](C)C2)cc1OC. The summed E-state index contributed by atoms with van der Waals surface area (Å²) in [6.07, 6.45) is -0.243. The first-order chi connectivity index (χ1) is 9.88. The summed E-state index contributed by atoms with van der Waals surface area (Å²) in [6, 6.07) is 4.61. The molecule has 0 radical (unpaired) electrons. The van der Waals surface area contributed by atoms with Crippen LogP contribution in [0.1, 0.15) is 13.8 Å². The van der Waals surface area contributed by atoms with E-state index >= 15 is 0 Å². The Kier molecular flexibility index (Phi) is 4.75. The number of hydrogen-bond acceptors (Lipinski definition) is 5. The molecule has 0 spiro atoms. The number of benzene rings is 1. The smallest absolute Gasteiger partial charge is 0.243 e. The first kappa shape index (κ1) is 16.1. The van der Waals surface area contributed by atoms with Gasteiger partial charge in [0, 0.05) is 19.2 Å². The molecule has 7 heteroatoms. The molecule has 1 aliphatic rings. The van der Waals surface area contributed by atoms with Gasteiger partial charge in [0.05, 0.1) is 31.3 Å². The zero-order chi connectivity index (χ0) is 15.6. The van der Waals surface area contributed by atoms with Crippen LogP contribution < -0.4 is 9.47 Å². The topological polar surface area (TPSA) is 65.1 Å². The summed E-state index contributed by atoms with van der Waals surface area (Å²) >= 11 is 0. The lowest BCUT2D eigenvalue weighted by Gasteiger charge is -2.34. The van der Waals surface area contributed by atoms with Crippen molar-refractivity contribution in [3.63, 3.8) is 0 Å². The Balaban J connectivity index is 2.35. The molecule has 0 aromatic heterocycles. The Labute approximate surface area is 125 Å². The first-order valence-electron chi connectivity index (χ1n) is 6.76. The van der Waals surface area contributed by atoms with Gasteiger partial charge in [-0.15, -0.1) is 0 Å². The van der Waals surface area contributed by atoms with Gasteiger partial charge in [0.25, 0.3) is 0 Å². The Hall–Kier alpha value is -1.31. The molecule has 0 unspecified atom stereocenters. The van der Waals surface area contributed by atoms with Crippen molar-refractivity contribution in [2.45, 2.75) is 31.0 Å². The lowest BCUT2D eigenvalue weighted by atomic mass is 10.3. The van der Waals surface area contributed by atoms with Crippen LogP contribution in [0, 0.1) is 0 Å². The van der Waals surface area contributed by atoms with E-state index in [2.05, 4.69) is 0 Å². The largest absolute Gasteiger partial charge is 0.493 e. The van der Waals surface area contributed by atoms with Crippen LogP contribution in [0.3, 0.4) is 0 Å². The molecular formula is C14H21NO5S. The van der Waals surface area contributed by atoms with Crippen LogP contribution in [-0.4, -0.2) is 52.2 Å². The average Bonchev–Trinajstić information content (AvgIpc) is 2.45. The van der Waals surface area contributed by atoms with Crippen molar-refractivity contribution in [1.82, 2.24) is 4.31 Å². The molecule has 2 atom stereocenters. The molecule has 2 rings (SSSR count). The van der Waals surface area contributed by atoms with Crippen LogP contribution in [0.4, 0.5) is 0 Å².